The Labute approximate surface area is 206 Å². The van der Waals surface area contributed by atoms with Crippen LogP contribution in [-0.4, -0.2) is 36.5 Å². The number of anilines is 1. The first kappa shape index (κ1) is 26.1. The third kappa shape index (κ3) is 5.71. The van der Waals surface area contributed by atoms with E-state index in [1.165, 1.54) is 18.2 Å². The van der Waals surface area contributed by atoms with Gasteiger partial charge in [0.2, 0.25) is 0 Å². The van der Waals surface area contributed by atoms with E-state index in [1.54, 1.807) is 44.2 Å². The van der Waals surface area contributed by atoms with E-state index < -0.39 is 31.4 Å². The van der Waals surface area contributed by atoms with Gasteiger partial charge in [-0.25, -0.2) is 4.79 Å². The van der Waals surface area contributed by atoms with Crippen LogP contribution >= 0.6 is 0 Å². The van der Waals surface area contributed by atoms with Crippen LogP contribution in [0.2, 0.25) is 0 Å². The summed E-state index contributed by atoms with van der Waals surface area (Å²) in [5, 5.41) is 12.6. The SMILES string of the molecule is Cc1cc2c(-c3ccccc3C(=O)O)c3cc(C)c(=NCC(F)(F)F)cc-3oc2cc1NCC(F)(F)F. The number of aryl methyl sites for hydroxylation is 2. The van der Waals surface area contributed by atoms with E-state index >= 15 is 0 Å². The highest BCUT2D eigenvalue weighted by atomic mass is 19.4. The van der Waals surface area contributed by atoms with Crippen molar-refractivity contribution in [2.24, 2.45) is 4.99 Å². The monoisotopic (exact) mass is 522 g/mol. The predicted octanol–water partition coefficient (Wildman–Crippen LogP) is 6.96. The van der Waals surface area contributed by atoms with Crippen LogP contribution in [0.4, 0.5) is 32.0 Å². The van der Waals surface area contributed by atoms with Gasteiger partial charge in [0.1, 0.15) is 24.4 Å². The van der Waals surface area contributed by atoms with Crippen molar-refractivity contribution < 1.29 is 40.7 Å². The van der Waals surface area contributed by atoms with Crippen molar-refractivity contribution >= 4 is 22.6 Å². The molecule has 0 bridgehead atoms. The van der Waals surface area contributed by atoms with E-state index in [0.29, 0.717) is 33.2 Å². The van der Waals surface area contributed by atoms with Crippen LogP contribution in [0.5, 0.6) is 0 Å². The zero-order chi connectivity index (χ0) is 27.1. The zero-order valence-electron chi connectivity index (χ0n) is 19.5. The average Bonchev–Trinajstić information content (AvgIpc) is 2.79. The average molecular weight is 522 g/mol. The Kier molecular flexibility index (Phi) is 6.66. The molecule has 194 valence electrons. The summed E-state index contributed by atoms with van der Waals surface area (Å²) >= 11 is 0. The molecule has 0 fully saturated rings. The molecule has 0 radical (unpaired) electrons. The molecule has 4 rings (SSSR count). The fourth-order valence-electron chi connectivity index (χ4n) is 4.10. The van der Waals surface area contributed by atoms with Crippen molar-refractivity contribution in [1.29, 1.82) is 0 Å². The summed E-state index contributed by atoms with van der Waals surface area (Å²) in [6.45, 7) is 0.467. The third-order valence-electron chi connectivity index (χ3n) is 5.72. The summed E-state index contributed by atoms with van der Waals surface area (Å²) in [5.41, 5.74) is 2.23. The van der Waals surface area contributed by atoms with Crippen molar-refractivity contribution in [3.05, 3.63) is 70.6 Å². The molecular formula is C26H20F6N2O3. The highest BCUT2D eigenvalue weighted by molar-refractivity contribution is 6.08. The van der Waals surface area contributed by atoms with E-state index in [2.05, 4.69) is 10.3 Å². The fourth-order valence-corrected chi connectivity index (χ4v) is 4.10. The molecule has 2 aromatic rings. The number of rotatable bonds is 5. The number of benzene rings is 3. The van der Waals surface area contributed by atoms with E-state index in [1.807, 2.05) is 0 Å². The fraction of sp³-hybridized carbons (Fsp3) is 0.231. The molecule has 1 aliphatic carbocycles. The summed E-state index contributed by atoms with van der Waals surface area (Å²) in [6, 6.07) is 12.0. The summed E-state index contributed by atoms with van der Waals surface area (Å²) in [4.78, 5) is 15.6. The van der Waals surface area contributed by atoms with Crippen LogP contribution in [-0.2, 0) is 0 Å². The van der Waals surface area contributed by atoms with Gasteiger partial charge in [0, 0.05) is 34.3 Å². The predicted molar refractivity (Wildman–Crippen MR) is 126 cm³/mol. The number of carboxylic acid groups (broad SMARTS) is 1. The number of aromatic carboxylic acids is 1. The second-order valence-corrected chi connectivity index (χ2v) is 8.53. The largest absolute Gasteiger partial charge is 0.478 e. The van der Waals surface area contributed by atoms with Crippen molar-refractivity contribution in [3.63, 3.8) is 0 Å². The normalized spacial score (nSPS) is 12.9. The number of carboxylic acids is 1. The van der Waals surface area contributed by atoms with Gasteiger partial charge in [-0.1, -0.05) is 18.2 Å². The molecule has 2 aliphatic rings. The zero-order valence-corrected chi connectivity index (χ0v) is 19.5. The highest BCUT2D eigenvalue weighted by Gasteiger charge is 2.28. The molecule has 0 amide bonds. The molecule has 37 heavy (non-hydrogen) atoms. The molecule has 11 heteroatoms. The number of carbonyl (C=O) groups is 1. The van der Waals surface area contributed by atoms with Crippen molar-refractivity contribution in [1.82, 2.24) is 0 Å². The van der Waals surface area contributed by atoms with E-state index in [9.17, 15) is 36.2 Å². The topological polar surface area (TPSA) is 74.8 Å². The van der Waals surface area contributed by atoms with Crippen LogP contribution in [0.15, 0.2) is 57.9 Å². The van der Waals surface area contributed by atoms with Crippen molar-refractivity contribution in [2.45, 2.75) is 26.2 Å². The second-order valence-electron chi connectivity index (χ2n) is 8.53. The summed E-state index contributed by atoms with van der Waals surface area (Å²) < 4.78 is 82.7. The number of hydrogen-bond acceptors (Lipinski definition) is 4. The van der Waals surface area contributed by atoms with Gasteiger partial charge in [0.05, 0.1) is 10.9 Å². The second kappa shape index (κ2) is 9.45. The lowest BCUT2D eigenvalue weighted by Crippen LogP contribution is -2.21. The first-order valence-electron chi connectivity index (χ1n) is 11.0. The molecule has 0 unspecified atom stereocenters. The minimum absolute atomic E-state index is 0.0212. The van der Waals surface area contributed by atoms with Gasteiger partial charge in [0.25, 0.3) is 0 Å². The molecular weight excluding hydrogens is 502 g/mol. The van der Waals surface area contributed by atoms with Crippen LogP contribution < -0.4 is 10.7 Å². The Morgan fingerprint density at radius 3 is 2.30 bits per heavy atom. The van der Waals surface area contributed by atoms with Gasteiger partial charge in [-0.3, -0.25) is 4.99 Å². The lowest BCUT2D eigenvalue weighted by molar-refractivity contribution is -0.118. The minimum Gasteiger partial charge on any atom is -0.478 e. The Morgan fingerprint density at radius 2 is 1.65 bits per heavy atom. The summed E-state index contributed by atoms with van der Waals surface area (Å²) in [6.07, 6.45) is -9.00. The molecule has 0 saturated carbocycles. The van der Waals surface area contributed by atoms with Gasteiger partial charge in [-0.15, -0.1) is 0 Å². The molecule has 0 saturated heterocycles. The maximum atomic E-state index is 12.8. The molecule has 1 heterocycles. The summed E-state index contributed by atoms with van der Waals surface area (Å²) in [5.74, 6) is -1.11. The Balaban J connectivity index is 2.07. The van der Waals surface area contributed by atoms with Crippen LogP contribution in [0.3, 0.4) is 0 Å². The number of fused-ring (bicyclic) bond motifs is 2. The summed E-state index contributed by atoms with van der Waals surface area (Å²) in [7, 11) is 0. The number of hydrogen-bond donors (Lipinski definition) is 2. The molecule has 1 aliphatic heterocycles. The smallest absolute Gasteiger partial charge is 0.407 e. The standard InChI is InChI=1S/C26H20F6N2O3/c1-13-7-17-21(9-19(13)33-11-25(27,28)29)37-22-10-20(34-12-26(30,31)32)14(2)8-18(22)23(17)15-5-3-4-6-16(15)24(35)36/h3-10,33H,11-12H2,1-2H3,(H,35,36). The molecule has 0 spiro atoms. The molecule has 0 aromatic heterocycles. The number of alkyl halides is 6. The number of nitrogens with one attached hydrogen (secondary N) is 1. The highest BCUT2D eigenvalue weighted by Crippen LogP contribution is 2.43. The van der Waals surface area contributed by atoms with Crippen LogP contribution in [0.25, 0.3) is 33.4 Å². The lowest BCUT2D eigenvalue weighted by atomic mass is 9.89. The molecule has 2 N–H and O–H groups in total. The molecule has 0 atom stereocenters. The quantitative estimate of drug-likeness (QED) is 0.220. The minimum atomic E-state index is -4.52. The van der Waals surface area contributed by atoms with Crippen molar-refractivity contribution in [3.8, 4) is 22.5 Å². The van der Waals surface area contributed by atoms with Crippen LogP contribution in [0.1, 0.15) is 21.5 Å². The third-order valence-corrected chi connectivity index (χ3v) is 5.72. The van der Waals surface area contributed by atoms with Gasteiger partial charge in [0.15, 0.2) is 0 Å². The first-order chi connectivity index (χ1) is 17.2. The van der Waals surface area contributed by atoms with Gasteiger partial charge >= 0.3 is 18.3 Å². The maximum Gasteiger partial charge on any atom is 0.407 e. The first-order valence-corrected chi connectivity index (χ1v) is 11.0. The number of halogens is 6. The van der Waals surface area contributed by atoms with Gasteiger partial charge in [-0.05, 0) is 48.7 Å². The maximum absolute atomic E-state index is 12.8. The van der Waals surface area contributed by atoms with Gasteiger partial charge < -0.3 is 14.8 Å². The van der Waals surface area contributed by atoms with Crippen LogP contribution in [0, 0.1) is 13.8 Å². The Bertz CT molecular complexity index is 1540. The number of nitrogens with zero attached hydrogens (tertiary/aromatic N) is 1. The van der Waals surface area contributed by atoms with Gasteiger partial charge in [-0.2, -0.15) is 26.3 Å². The molecule has 2 aromatic carbocycles. The van der Waals surface area contributed by atoms with E-state index in [4.69, 9.17) is 4.42 Å². The lowest BCUT2D eigenvalue weighted by Gasteiger charge is -2.19. The Morgan fingerprint density at radius 1 is 0.946 bits per heavy atom. The van der Waals surface area contributed by atoms with Crippen molar-refractivity contribution in [2.75, 3.05) is 18.4 Å². The molecule has 5 nitrogen and oxygen atoms in total. The Hall–Kier alpha value is -4.02. The van der Waals surface area contributed by atoms with E-state index in [-0.39, 0.29) is 28.0 Å². The van der Waals surface area contributed by atoms with E-state index in [0.717, 1.165) is 0 Å².